The van der Waals surface area contributed by atoms with E-state index in [1.165, 1.54) is 11.9 Å². The summed E-state index contributed by atoms with van der Waals surface area (Å²) in [5, 5.41) is 0. The van der Waals surface area contributed by atoms with Gasteiger partial charge in [0.1, 0.15) is 6.04 Å². The van der Waals surface area contributed by atoms with E-state index in [4.69, 9.17) is 5.73 Å². The zero-order valence-corrected chi connectivity index (χ0v) is 11.7. The molecule has 0 saturated heterocycles. The number of nitrogens with two attached hydrogens (primary N) is 1. The van der Waals surface area contributed by atoms with Crippen molar-refractivity contribution in [2.24, 2.45) is 5.73 Å². The Bertz CT molecular complexity index is 211. The molecule has 17 heavy (non-hydrogen) atoms. The van der Waals surface area contributed by atoms with Gasteiger partial charge in [-0.25, -0.2) is 0 Å². The molecule has 6 heteroatoms. The first-order valence-electron chi connectivity index (χ1n) is 5.78. The maximum absolute atomic E-state index is 13.0. The molecule has 0 fully saturated rings. The molecule has 0 aromatic rings. The maximum Gasteiger partial charge on any atom is 0.405 e. The number of alkyl halides is 3. The lowest BCUT2D eigenvalue weighted by Crippen LogP contribution is -2.57. The smallest absolute Gasteiger partial charge is 0.326 e. The Kier molecular flexibility index (Phi) is 7.51. The minimum Gasteiger partial charge on any atom is -0.326 e. The summed E-state index contributed by atoms with van der Waals surface area (Å²) in [6.45, 7) is 3.50. The van der Waals surface area contributed by atoms with Crippen molar-refractivity contribution < 1.29 is 13.2 Å². The van der Waals surface area contributed by atoms with E-state index in [-0.39, 0.29) is 6.04 Å². The van der Waals surface area contributed by atoms with E-state index in [2.05, 4.69) is 0 Å². The largest absolute Gasteiger partial charge is 0.405 e. The van der Waals surface area contributed by atoms with Gasteiger partial charge in [0.25, 0.3) is 0 Å². The van der Waals surface area contributed by atoms with Crippen LogP contribution in [0.25, 0.3) is 0 Å². The summed E-state index contributed by atoms with van der Waals surface area (Å²) in [6, 6.07) is -2.53. The SMILES string of the molecule is CCC(N)C(N(C)C(C)CCSC)C(F)(F)F. The molecule has 0 saturated carbocycles. The predicted octanol–water partition coefficient (Wildman–Crippen LogP) is 2.73. The molecule has 0 heterocycles. The summed E-state index contributed by atoms with van der Waals surface area (Å²) in [6.07, 6.45) is -1.26. The lowest BCUT2D eigenvalue weighted by molar-refractivity contribution is -0.190. The van der Waals surface area contributed by atoms with Gasteiger partial charge in [0, 0.05) is 12.1 Å². The second kappa shape index (κ2) is 7.48. The summed E-state index contributed by atoms with van der Waals surface area (Å²) in [7, 11) is 1.51. The zero-order valence-electron chi connectivity index (χ0n) is 10.9. The molecular formula is C11H23F3N2S. The Morgan fingerprint density at radius 1 is 1.35 bits per heavy atom. The molecule has 0 bridgehead atoms. The van der Waals surface area contributed by atoms with Gasteiger partial charge in [0.15, 0.2) is 0 Å². The molecule has 3 atom stereocenters. The van der Waals surface area contributed by atoms with Crippen molar-refractivity contribution in [2.45, 2.75) is 51.0 Å². The lowest BCUT2D eigenvalue weighted by Gasteiger charge is -2.37. The number of hydrogen-bond acceptors (Lipinski definition) is 3. The first-order valence-corrected chi connectivity index (χ1v) is 7.18. The molecule has 0 amide bonds. The van der Waals surface area contributed by atoms with E-state index in [1.807, 2.05) is 13.2 Å². The van der Waals surface area contributed by atoms with Crippen molar-refractivity contribution in [1.82, 2.24) is 4.90 Å². The lowest BCUT2D eigenvalue weighted by atomic mass is 10.0. The van der Waals surface area contributed by atoms with Crippen LogP contribution in [0.2, 0.25) is 0 Å². The van der Waals surface area contributed by atoms with Gasteiger partial charge in [0.05, 0.1) is 0 Å². The van der Waals surface area contributed by atoms with Gasteiger partial charge in [-0.15, -0.1) is 0 Å². The molecule has 0 aliphatic rings. The van der Waals surface area contributed by atoms with Gasteiger partial charge in [-0.2, -0.15) is 24.9 Å². The number of likely N-dealkylation sites (N-methyl/N-ethyl adjacent to an activating group) is 1. The van der Waals surface area contributed by atoms with E-state index >= 15 is 0 Å². The highest BCUT2D eigenvalue weighted by Crippen LogP contribution is 2.28. The van der Waals surface area contributed by atoms with Crippen molar-refractivity contribution in [3.8, 4) is 0 Å². The molecule has 2 N–H and O–H groups in total. The molecule has 0 aliphatic heterocycles. The Labute approximate surface area is 106 Å². The summed E-state index contributed by atoms with van der Waals surface area (Å²) in [4.78, 5) is 1.37. The molecule has 104 valence electrons. The molecule has 0 rings (SSSR count). The van der Waals surface area contributed by atoms with Gasteiger partial charge in [-0.3, -0.25) is 4.90 Å². The van der Waals surface area contributed by atoms with Crippen LogP contribution in [0.15, 0.2) is 0 Å². The Morgan fingerprint density at radius 3 is 2.24 bits per heavy atom. The van der Waals surface area contributed by atoms with Crippen molar-refractivity contribution in [3.63, 3.8) is 0 Å². The average Bonchev–Trinajstić information content (AvgIpc) is 2.23. The van der Waals surface area contributed by atoms with E-state index in [9.17, 15) is 13.2 Å². The van der Waals surface area contributed by atoms with Crippen LogP contribution in [0.4, 0.5) is 13.2 Å². The summed E-state index contributed by atoms with van der Waals surface area (Å²) < 4.78 is 38.9. The summed E-state index contributed by atoms with van der Waals surface area (Å²) >= 11 is 1.64. The molecule has 0 aliphatic carbocycles. The minimum absolute atomic E-state index is 0.119. The number of thioether (sulfide) groups is 1. The van der Waals surface area contributed by atoms with Crippen LogP contribution >= 0.6 is 11.8 Å². The first-order chi connectivity index (χ1) is 7.75. The Hall–Kier alpha value is 0.0600. The maximum atomic E-state index is 13.0. The van der Waals surface area contributed by atoms with Crippen molar-refractivity contribution in [3.05, 3.63) is 0 Å². The van der Waals surface area contributed by atoms with Gasteiger partial charge in [-0.1, -0.05) is 6.92 Å². The molecule has 0 aromatic carbocycles. The van der Waals surface area contributed by atoms with Crippen LogP contribution in [0.5, 0.6) is 0 Å². The van der Waals surface area contributed by atoms with E-state index in [1.54, 1.807) is 18.7 Å². The van der Waals surface area contributed by atoms with Crippen LogP contribution in [-0.2, 0) is 0 Å². The number of nitrogens with zero attached hydrogens (tertiary/aromatic N) is 1. The third-order valence-corrected chi connectivity index (χ3v) is 3.73. The number of hydrogen-bond donors (Lipinski definition) is 1. The molecule has 0 radical (unpaired) electrons. The monoisotopic (exact) mass is 272 g/mol. The van der Waals surface area contributed by atoms with E-state index in [0.717, 1.165) is 12.2 Å². The topological polar surface area (TPSA) is 29.3 Å². The minimum atomic E-state index is -4.27. The molecule has 2 nitrogen and oxygen atoms in total. The highest BCUT2D eigenvalue weighted by molar-refractivity contribution is 7.98. The first kappa shape index (κ1) is 17.1. The van der Waals surface area contributed by atoms with Crippen LogP contribution < -0.4 is 5.73 Å². The Morgan fingerprint density at radius 2 is 1.88 bits per heavy atom. The third kappa shape index (κ3) is 5.48. The van der Waals surface area contributed by atoms with Crippen LogP contribution in [0.3, 0.4) is 0 Å². The second-order valence-electron chi connectivity index (χ2n) is 4.35. The molecule has 3 unspecified atom stereocenters. The number of rotatable bonds is 7. The summed E-state index contributed by atoms with van der Waals surface area (Å²) in [5.74, 6) is 0.859. The van der Waals surface area contributed by atoms with Gasteiger partial charge < -0.3 is 5.73 Å². The standard InChI is InChI=1S/C11H23F3N2S/c1-5-9(15)10(11(12,13)14)16(3)8(2)6-7-17-4/h8-10H,5-7,15H2,1-4H3. The normalized spacial score (nSPS) is 18.2. The molecule has 0 spiro atoms. The van der Waals surface area contributed by atoms with Gasteiger partial charge in [0.2, 0.25) is 0 Å². The molecule has 0 aromatic heterocycles. The van der Waals surface area contributed by atoms with Gasteiger partial charge >= 0.3 is 6.18 Å². The van der Waals surface area contributed by atoms with E-state index < -0.39 is 18.3 Å². The van der Waals surface area contributed by atoms with Crippen molar-refractivity contribution in [2.75, 3.05) is 19.1 Å². The Balaban J connectivity index is 4.69. The number of halogens is 3. The van der Waals surface area contributed by atoms with Gasteiger partial charge in [-0.05, 0) is 38.8 Å². The second-order valence-corrected chi connectivity index (χ2v) is 5.34. The quantitative estimate of drug-likeness (QED) is 0.772. The third-order valence-electron chi connectivity index (χ3n) is 3.09. The average molecular weight is 272 g/mol. The zero-order chi connectivity index (χ0) is 13.6. The van der Waals surface area contributed by atoms with Crippen LogP contribution in [0.1, 0.15) is 26.7 Å². The van der Waals surface area contributed by atoms with Crippen LogP contribution in [0, 0.1) is 0 Å². The fourth-order valence-corrected chi connectivity index (χ4v) is 2.34. The fourth-order valence-electron chi connectivity index (χ4n) is 1.77. The fraction of sp³-hybridized carbons (Fsp3) is 1.00. The highest BCUT2D eigenvalue weighted by Gasteiger charge is 2.46. The highest BCUT2D eigenvalue weighted by atomic mass is 32.2. The van der Waals surface area contributed by atoms with Crippen LogP contribution in [-0.4, -0.2) is 48.3 Å². The summed E-state index contributed by atoms with van der Waals surface area (Å²) in [5.41, 5.74) is 5.60. The molecular weight excluding hydrogens is 249 g/mol. The van der Waals surface area contributed by atoms with E-state index in [0.29, 0.717) is 6.42 Å². The predicted molar refractivity (Wildman–Crippen MR) is 68.3 cm³/mol. The van der Waals surface area contributed by atoms with Crippen molar-refractivity contribution >= 4 is 11.8 Å². The van der Waals surface area contributed by atoms with Crippen molar-refractivity contribution in [1.29, 1.82) is 0 Å².